The van der Waals surface area contributed by atoms with Crippen molar-refractivity contribution in [2.75, 3.05) is 0 Å². The average Bonchev–Trinajstić information content (AvgIpc) is 3.76. The SMILES string of the molecule is N#CC(=C1C(=C(C#N)c2c(Cl)c(F)c(C(F)(F)F)c(F)c2Cl)C1=C(C#N)c1c(Cl)c(F)c(C(F)(F)F)c(F)c1Cl)c1c(F)c(F)c(C(F)(F)F)c(F)c1Cl. The minimum Gasteiger partial charge on any atom is -0.205 e. The molecule has 3 nitrogen and oxygen atoms in total. The van der Waals surface area contributed by atoms with Crippen LogP contribution in [-0.2, 0) is 18.5 Å². The first-order valence-corrected chi connectivity index (χ1v) is 14.8. The van der Waals surface area contributed by atoms with Gasteiger partial charge in [0.15, 0.2) is 40.7 Å². The molecule has 0 aromatic heterocycles. The van der Waals surface area contributed by atoms with E-state index >= 15 is 4.39 Å². The standard InChI is InChI=1S/C30Cl5F16N3/c31-16-10(17(32)23(38)13(22(16)37)28(43,44)45)4(1-52)7-8(5(2-53)11-18(33)24(39)14(29(46,47)48)25(40)19(11)34)9(7)6(3-54)12-20(35)26(41)15(30(49,50)51)27(42)21(12)36. The molecule has 4 rings (SSSR count). The third-order valence-corrected chi connectivity index (χ3v) is 8.94. The van der Waals surface area contributed by atoms with Gasteiger partial charge in [-0.3, -0.25) is 0 Å². The smallest absolute Gasteiger partial charge is 0.205 e. The summed E-state index contributed by atoms with van der Waals surface area (Å²) in [7, 11) is 0. The van der Waals surface area contributed by atoms with E-state index in [0.717, 1.165) is 18.2 Å². The number of benzene rings is 3. The first-order valence-electron chi connectivity index (χ1n) is 12.9. The molecule has 3 aromatic rings. The van der Waals surface area contributed by atoms with Crippen LogP contribution in [0.2, 0.25) is 25.1 Å². The first kappa shape index (κ1) is 42.4. The summed E-state index contributed by atoms with van der Waals surface area (Å²) in [5.74, 6) is -19.3. The van der Waals surface area contributed by atoms with Gasteiger partial charge in [0.25, 0.3) is 0 Å². The van der Waals surface area contributed by atoms with Gasteiger partial charge >= 0.3 is 18.5 Å². The molecular weight excluding hydrogens is 884 g/mol. The van der Waals surface area contributed by atoms with Gasteiger partial charge in [-0.05, 0) is 0 Å². The van der Waals surface area contributed by atoms with Gasteiger partial charge in [0.2, 0.25) is 0 Å². The van der Waals surface area contributed by atoms with Crippen LogP contribution in [0.5, 0.6) is 0 Å². The third kappa shape index (κ3) is 6.58. The van der Waals surface area contributed by atoms with Gasteiger partial charge in [0.05, 0.1) is 47.4 Å². The van der Waals surface area contributed by atoms with Gasteiger partial charge < -0.3 is 0 Å². The lowest BCUT2D eigenvalue weighted by molar-refractivity contribution is -0.143. The Bertz CT molecular complexity index is 2090. The van der Waals surface area contributed by atoms with Gasteiger partial charge in [-0.2, -0.15) is 55.3 Å². The number of allylic oxidation sites excluding steroid dienone is 6. The molecule has 1 aliphatic rings. The topological polar surface area (TPSA) is 71.4 Å². The van der Waals surface area contributed by atoms with Crippen LogP contribution in [0.4, 0.5) is 70.2 Å². The molecule has 0 N–H and O–H groups in total. The van der Waals surface area contributed by atoms with Crippen LogP contribution in [0.25, 0.3) is 16.7 Å². The predicted molar refractivity (Wildman–Crippen MR) is 157 cm³/mol. The van der Waals surface area contributed by atoms with Crippen molar-refractivity contribution in [2.45, 2.75) is 18.5 Å². The molecule has 0 atom stereocenters. The van der Waals surface area contributed by atoms with E-state index < -0.39 is 151 Å². The Morgan fingerprint density at radius 2 is 0.556 bits per heavy atom. The van der Waals surface area contributed by atoms with Crippen molar-refractivity contribution in [1.29, 1.82) is 15.8 Å². The van der Waals surface area contributed by atoms with Crippen molar-refractivity contribution in [3.8, 4) is 18.2 Å². The number of nitriles is 3. The fourth-order valence-corrected chi connectivity index (χ4v) is 6.45. The quantitative estimate of drug-likeness (QED) is 0.149. The minimum absolute atomic E-state index is 0.985. The molecule has 0 aliphatic heterocycles. The van der Waals surface area contributed by atoms with Gasteiger partial charge in [-0.1, -0.05) is 58.0 Å². The molecule has 0 bridgehead atoms. The van der Waals surface area contributed by atoms with E-state index in [1.165, 1.54) is 0 Å². The lowest BCUT2D eigenvalue weighted by atomic mass is 9.99. The van der Waals surface area contributed by atoms with E-state index in [-0.39, 0.29) is 0 Å². The van der Waals surface area contributed by atoms with E-state index in [9.17, 15) is 81.6 Å². The summed E-state index contributed by atoms with van der Waals surface area (Å²) in [4.78, 5) is 0. The summed E-state index contributed by atoms with van der Waals surface area (Å²) in [6, 6.07) is 3.14. The Balaban J connectivity index is 2.38. The second kappa shape index (κ2) is 14.1. The molecule has 0 unspecified atom stereocenters. The molecule has 1 aliphatic carbocycles. The Labute approximate surface area is 312 Å². The maximum atomic E-state index is 15.3. The van der Waals surface area contributed by atoms with Crippen LogP contribution in [0.3, 0.4) is 0 Å². The molecule has 54 heavy (non-hydrogen) atoms. The van der Waals surface area contributed by atoms with Crippen molar-refractivity contribution in [3.63, 3.8) is 0 Å². The second-order valence-electron chi connectivity index (χ2n) is 10.1. The van der Waals surface area contributed by atoms with E-state index in [2.05, 4.69) is 0 Å². The lowest BCUT2D eigenvalue weighted by Gasteiger charge is -2.15. The number of nitrogens with zero attached hydrogens (tertiary/aromatic N) is 3. The highest BCUT2D eigenvalue weighted by Crippen LogP contribution is 2.60. The molecule has 1 saturated carbocycles. The zero-order valence-electron chi connectivity index (χ0n) is 24.3. The predicted octanol–water partition coefficient (Wildman–Crippen LogP) is 13.2. The highest BCUT2D eigenvalue weighted by molar-refractivity contribution is 6.40. The van der Waals surface area contributed by atoms with E-state index in [1.54, 1.807) is 0 Å². The molecule has 0 spiro atoms. The number of hydrogen-bond acceptors (Lipinski definition) is 3. The van der Waals surface area contributed by atoms with Crippen LogP contribution in [0.15, 0.2) is 16.7 Å². The molecule has 0 amide bonds. The molecule has 0 heterocycles. The first-order chi connectivity index (χ1) is 24.6. The van der Waals surface area contributed by atoms with Gasteiger partial charge in [0, 0.05) is 27.8 Å². The van der Waals surface area contributed by atoms with Gasteiger partial charge in [-0.25, -0.2) is 30.7 Å². The summed E-state index contributed by atoms with van der Waals surface area (Å²) < 4.78 is 225. The molecule has 282 valence electrons. The second-order valence-corrected chi connectivity index (χ2v) is 12.0. The summed E-state index contributed by atoms with van der Waals surface area (Å²) >= 11 is 28.3. The van der Waals surface area contributed by atoms with Crippen LogP contribution < -0.4 is 0 Å². The summed E-state index contributed by atoms with van der Waals surface area (Å²) in [6.45, 7) is 0. The largest absolute Gasteiger partial charge is 0.422 e. The van der Waals surface area contributed by atoms with E-state index in [0.29, 0.717) is 0 Å². The Kier molecular flexibility index (Phi) is 11.1. The van der Waals surface area contributed by atoms with Crippen LogP contribution >= 0.6 is 58.0 Å². The van der Waals surface area contributed by atoms with Gasteiger partial charge in [0.1, 0.15) is 34.9 Å². The van der Waals surface area contributed by atoms with Crippen molar-refractivity contribution in [1.82, 2.24) is 0 Å². The normalized spacial score (nSPS) is 15.1. The zero-order chi connectivity index (χ0) is 41.5. The summed E-state index contributed by atoms with van der Waals surface area (Å²) in [5, 5.41) is 20.5. The maximum Gasteiger partial charge on any atom is 0.422 e. The zero-order valence-corrected chi connectivity index (χ0v) is 28.1. The Morgan fingerprint density at radius 3 is 0.778 bits per heavy atom. The van der Waals surface area contributed by atoms with E-state index in [1.807, 2.05) is 0 Å². The van der Waals surface area contributed by atoms with Gasteiger partial charge in [-0.15, -0.1) is 0 Å². The summed E-state index contributed by atoms with van der Waals surface area (Å²) in [5.41, 5.74) is -22.5. The molecule has 24 heteroatoms. The third-order valence-electron chi connectivity index (χ3n) is 7.16. The van der Waals surface area contributed by atoms with Crippen molar-refractivity contribution in [2.24, 2.45) is 0 Å². The van der Waals surface area contributed by atoms with Crippen molar-refractivity contribution >= 4 is 74.7 Å². The molecular formula is C30Cl5F16N3. The lowest BCUT2D eigenvalue weighted by Crippen LogP contribution is -2.15. The molecule has 3 aromatic carbocycles. The number of hydrogen-bond donors (Lipinski definition) is 0. The summed E-state index contributed by atoms with van der Waals surface area (Å²) in [6.07, 6.45) is -17.8. The van der Waals surface area contributed by atoms with Crippen molar-refractivity contribution < 1.29 is 70.2 Å². The van der Waals surface area contributed by atoms with E-state index in [4.69, 9.17) is 58.0 Å². The van der Waals surface area contributed by atoms with Crippen LogP contribution in [0, 0.1) is 74.7 Å². The number of rotatable bonds is 3. The highest BCUT2D eigenvalue weighted by Gasteiger charge is 2.49. The fourth-order valence-electron chi connectivity index (χ4n) is 4.95. The monoisotopic (exact) mass is 881 g/mol. The van der Waals surface area contributed by atoms with Crippen LogP contribution in [0.1, 0.15) is 33.4 Å². The highest BCUT2D eigenvalue weighted by atomic mass is 35.5. The minimum atomic E-state index is -6.01. The Hall–Kier alpha value is -4.32. The maximum absolute atomic E-state index is 15.3. The molecule has 0 saturated heterocycles. The average molecular weight is 884 g/mol. The Morgan fingerprint density at radius 1 is 0.352 bits per heavy atom. The molecule has 0 radical (unpaired) electrons. The number of halogens is 21. The fraction of sp³-hybridized carbons (Fsp3) is 0.100. The van der Waals surface area contributed by atoms with Crippen molar-refractivity contribution in [3.05, 3.63) is 116 Å². The van der Waals surface area contributed by atoms with Crippen LogP contribution in [-0.4, -0.2) is 0 Å². The number of alkyl halides is 9. The molecule has 1 fully saturated rings.